The molecule has 0 aromatic heterocycles. The van der Waals surface area contributed by atoms with E-state index in [2.05, 4.69) is 47.5 Å². The molecule has 2 aliphatic heterocycles. The fraction of sp³-hybridized carbons (Fsp3) is 0.650. The Kier molecular flexibility index (Phi) is 5.37. The number of hydrogen-bond donors (Lipinski definition) is 1. The van der Waals surface area contributed by atoms with Crippen molar-refractivity contribution in [3.05, 3.63) is 35.9 Å². The molecule has 1 N–H and O–H groups in total. The summed E-state index contributed by atoms with van der Waals surface area (Å²) in [4.78, 5) is 15.0. The average Bonchev–Trinajstić information content (AvgIpc) is 2.58. The monoisotopic (exact) mass is 314 g/mol. The third kappa shape index (κ3) is 3.77. The van der Waals surface area contributed by atoms with Crippen LogP contribution >= 0.6 is 0 Å². The maximum Gasteiger partial charge on any atom is 0.223 e. The summed E-state index contributed by atoms with van der Waals surface area (Å²) in [5.41, 5.74) is 1.66. The maximum absolute atomic E-state index is 12.4. The van der Waals surface area contributed by atoms with Crippen LogP contribution in [0.15, 0.2) is 30.3 Å². The van der Waals surface area contributed by atoms with Gasteiger partial charge in [0.15, 0.2) is 0 Å². The van der Waals surface area contributed by atoms with Gasteiger partial charge in [-0.15, -0.1) is 0 Å². The minimum Gasteiger partial charge on any atom is -0.356 e. The minimum atomic E-state index is 0.245. The van der Waals surface area contributed by atoms with Gasteiger partial charge < -0.3 is 5.32 Å². The summed E-state index contributed by atoms with van der Waals surface area (Å²) >= 11 is 0. The molecular formula is C20H30N2O. The van der Waals surface area contributed by atoms with E-state index < -0.39 is 0 Å². The van der Waals surface area contributed by atoms with Crippen LogP contribution in [0.4, 0.5) is 0 Å². The molecule has 1 unspecified atom stereocenters. The summed E-state index contributed by atoms with van der Waals surface area (Å²) in [6, 6.07) is 10.7. The molecule has 1 atom stereocenters. The zero-order chi connectivity index (χ0) is 16.1. The third-order valence-corrected chi connectivity index (χ3v) is 5.93. The van der Waals surface area contributed by atoms with Crippen LogP contribution < -0.4 is 5.32 Å². The van der Waals surface area contributed by atoms with Crippen molar-refractivity contribution in [1.29, 1.82) is 0 Å². The lowest BCUT2D eigenvalue weighted by atomic mass is 9.63. The van der Waals surface area contributed by atoms with Gasteiger partial charge in [0.2, 0.25) is 5.91 Å². The second-order valence-electron chi connectivity index (χ2n) is 7.36. The summed E-state index contributed by atoms with van der Waals surface area (Å²) in [7, 11) is 0. The van der Waals surface area contributed by atoms with Crippen molar-refractivity contribution >= 4 is 5.91 Å². The molecule has 3 heteroatoms. The van der Waals surface area contributed by atoms with Crippen molar-refractivity contribution in [3.63, 3.8) is 0 Å². The van der Waals surface area contributed by atoms with Gasteiger partial charge in [-0.3, -0.25) is 9.69 Å². The number of carbonyl (C=O) groups excluding carboxylic acids is 1. The SMILES string of the molecule is CCCCC1C(=O)NCCC12CCN(Cc1ccccc1)CC2. The average molecular weight is 314 g/mol. The van der Waals surface area contributed by atoms with Crippen molar-refractivity contribution < 1.29 is 4.79 Å². The van der Waals surface area contributed by atoms with E-state index >= 15 is 0 Å². The van der Waals surface area contributed by atoms with E-state index in [1.165, 1.54) is 37.7 Å². The number of amides is 1. The number of piperidine rings is 2. The zero-order valence-electron chi connectivity index (χ0n) is 14.4. The number of carbonyl (C=O) groups is 1. The molecule has 0 aliphatic carbocycles. The summed E-state index contributed by atoms with van der Waals surface area (Å²) in [6.45, 7) is 6.40. The Morgan fingerprint density at radius 2 is 1.91 bits per heavy atom. The molecule has 1 aromatic carbocycles. The number of hydrogen-bond acceptors (Lipinski definition) is 2. The molecular weight excluding hydrogens is 284 g/mol. The zero-order valence-corrected chi connectivity index (χ0v) is 14.4. The highest BCUT2D eigenvalue weighted by molar-refractivity contribution is 5.80. The molecule has 126 valence electrons. The van der Waals surface area contributed by atoms with Gasteiger partial charge in [-0.05, 0) is 49.8 Å². The second-order valence-corrected chi connectivity index (χ2v) is 7.36. The number of unbranched alkanes of at least 4 members (excludes halogenated alkanes) is 1. The van der Waals surface area contributed by atoms with Crippen molar-refractivity contribution in [2.75, 3.05) is 19.6 Å². The first-order valence-corrected chi connectivity index (χ1v) is 9.27. The van der Waals surface area contributed by atoms with Crippen molar-refractivity contribution in [2.45, 2.75) is 52.0 Å². The Labute approximate surface area is 140 Å². The van der Waals surface area contributed by atoms with Gasteiger partial charge in [-0.2, -0.15) is 0 Å². The predicted octanol–water partition coefficient (Wildman–Crippen LogP) is 3.60. The van der Waals surface area contributed by atoms with E-state index in [1.54, 1.807) is 0 Å². The summed E-state index contributed by atoms with van der Waals surface area (Å²) < 4.78 is 0. The van der Waals surface area contributed by atoms with E-state index in [1.807, 2.05) is 0 Å². The fourth-order valence-electron chi connectivity index (χ4n) is 4.45. The Balaban J connectivity index is 1.62. The molecule has 0 bridgehead atoms. The van der Waals surface area contributed by atoms with Crippen LogP contribution in [-0.4, -0.2) is 30.4 Å². The molecule has 3 nitrogen and oxygen atoms in total. The van der Waals surface area contributed by atoms with Gasteiger partial charge in [0, 0.05) is 19.0 Å². The van der Waals surface area contributed by atoms with Gasteiger partial charge in [0.1, 0.15) is 0 Å². The number of rotatable bonds is 5. The van der Waals surface area contributed by atoms with E-state index in [0.717, 1.165) is 32.6 Å². The van der Waals surface area contributed by atoms with Gasteiger partial charge >= 0.3 is 0 Å². The minimum absolute atomic E-state index is 0.245. The van der Waals surface area contributed by atoms with Crippen LogP contribution in [0.2, 0.25) is 0 Å². The van der Waals surface area contributed by atoms with Crippen molar-refractivity contribution in [1.82, 2.24) is 10.2 Å². The molecule has 1 spiro atoms. The standard InChI is InChI=1S/C20H30N2O/c1-2-3-9-18-19(23)21-13-10-20(18)11-14-22(15-12-20)16-17-7-5-4-6-8-17/h4-8,18H,2-3,9-16H2,1H3,(H,21,23). The smallest absolute Gasteiger partial charge is 0.223 e. The van der Waals surface area contributed by atoms with Crippen LogP contribution in [0.25, 0.3) is 0 Å². The lowest BCUT2D eigenvalue weighted by molar-refractivity contribution is -0.135. The largest absolute Gasteiger partial charge is 0.356 e. The number of benzene rings is 1. The first-order chi connectivity index (χ1) is 11.2. The van der Waals surface area contributed by atoms with Gasteiger partial charge in [-0.1, -0.05) is 50.1 Å². The third-order valence-electron chi connectivity index (χ3n) is 5.93. The second kappa shape index (κ2) is 7.48. The van der Waals surface area contributed by atoms with Crippen LogP contribution in [0.3, 0.4) is 0 Å². The molecule has 2 fully saturated rings. The molecule has 3 rings (SSSR count). The Bertz CT molecular complexity index is 506. The number of likely N-dealkylation sites (tertiary alicyclic amines) is 1. The molecule has 0 radical (unpaired) electrons. The van der Waals surface area contributed by atoms with E-state index in [0.29, 0.717) is 5.91 Å². The summed E-state index contributed by atoms with van der Waals surface area (Å²) in [5.74, 6) is 0.566. The Hall–Kier alpha value is -1.35. The molecule has 23 heavy (non-hydrogen) atoms. The first kappa shape index (κ1) is 16.5. The fourth-order valence-corrected chi connectivity index (χ4v) is 4.45. The topological polar surface area (TPSA) is 32.3 Å². The van der Waals surface area contributed by atoms with Crippen LogP contribution in [0, 0.1) is 11.3 Å². The summed E-state index contributed by atoms with van der Waals surface area (Å²) in [5, 5.41) is 3.11. The molecule has 1 aromatic rings. The molecule has 0 saturated carbocycles. The number of nitrogens with zero attached hydrogens (tertiary/aromatic N) is 1. The molecule has 1 amide bonds. The Morgan fingerprint density at radius 3 is 2.61 bits per heavy atom. The first-order valence-electron chi connectivity index (χ1n) is 9.27. The number of nitrogens with one attached hydrogen (secondary N) is 1. The van der Waals surface area contributed by atoms with Gasteiger partial charge in [0.05, 0.1) is 0 Å². The van der Waals surface area contributed by atoms with E-state index in [-0.39, 0.29) is 11.3 Å². The quantitative estimate of drug-likeness (QED) is 0.900. The Morgan fingerprint density at radius 1 is 1.17 bits per heavy atom. The lowest BCUT2D eigenvalue weighted by Crippen LogP contribution is -2.53. The van der Waals surface area contributed by atoms with Crippen LogP contribution in [0.5, 0.6) is 0 Å². The molecule has 2 aliphatic rings. The van der Waals surface area contributed by atoms with Crippen molar-refractivity contribution in [2.24, 2.45) is 11.3 Å². The van der Waals surface area contributed by atoms with Gasteiger partial charge in [-0.25, -0.2) is 0 Å². The summed E-state index contributed by atoms with van der Waals surface area (Å²) in [6.07, 6.45) is 6.96. The predicted molar refractivity (Wildman–Crippen MR) is 94.0 cm³/mol. The highest BCUT2D eigenvalue weighted by Crippen LogP contribution is 2.46. The van der Waals surface area contributed by atoms with E-state index in [4.69, 9.17) is 0 Å². The van der Waals surface area contributed by atoms with Gasteiger partial charge in [0.25, 0.3) is 0 Å². The van der Waals surface area contributed by atoms with Crippen molar-refractivity contribution in [3.8, 4) is 0 Å². The molecule has 2 saturated heterocycles. The van der Waals surface area contributed by atoms with Crippen LogP contribution in [0.1, 0.15) is 51.0 Å². The van der Waals surface area contributed by atoms with E-state index in [9.17, 15) is 4.79 Å². The highest BCUT2D eigenvalue weighted by atomic mass is 16.2. The molecule has 2 heterocycles. The maximum atomic E-state index is 12.4. The van der Waals surface area contributed by atoms with Crippen LogP contribution in [-0.2, 0) is 11.3 Å². The highest BCUT2D eigenvalue weighted by Gasteiger charge is 2.46. The normalized spacial score (nSPS) is 24.6. The lowest BCUT2D eigenvalue weighted by Gasteiger charge is -2.48.